The summed E-state index contributed by atoms with van der Waals surface area (Å²) in [5, 5.41) is 5.88. The van der Waals surface area contributed by atoms with Crippen molar-refractivity contribution < 1.29 is 8.42 Å². The maximum Gasteiger partial charge on any atom is 0.194 e. The first kappa shape index (κ1) is 22.9. The van der Waals surface area contributed by atoms with Crippen molar-refractivity contribution in [2.24, 2.45) is 10.9 Å². The molecule has 2 aromatic carbocycles. The van der Waals surface area contributed by atoms with Crippen LogP contribution in [0.3, 0.4) is 0 Å². The lowest BCUT2D eigenvalue weighted by Gasteiger charge is -2.25. The van der Waals surface area contributed by atoms with E-state index in [4.69, 9.17) is 4.99 Å². The number of hydrogen-bond acceptors (Lipinski definition) is 3. The van der Waals surface area contributed by atoms with Gasteiger partial charge in [-0.25, -0.2) is 8.42 Å². The highest BCUT2D eigenvalue weighted by molar-refractivity contribution is 14.0. The molecule has 0 bridgehead atoms. The van der Waals surface area contributed by atoms with Gasteiger partial charge in [0.25, 0.3) is 0 Å². The molecule has 28 heavy (non-hydrogen) atoms. The van der Waals surface area contributed by atoms with Gasteiger partial charge in [0, 0.05) is 26.2 Å². The van der Waals surface area contributed by atoms with Gasteiger partial charge >= 0.3 is 0 Å². The van der Waals surface area contributed by atoms with Crippen LogP contribution < -0.4 is 5.32 Å². The number of hydrogen-bond donors (Lipinski definition) is 1. The van der Waals surface area contributed by atoms with E-state index in [0.29, 0.717) is 12.3 Å². The van der Waals surface area contributed by atoms with E-state index in [1.54, 1.807) is 0 Å². The quantitative estimate of drug-likeness (QED) is 0.375. The zero-order valence-corrected chi connectivity index (χ0v) is 19.9. The molecule has 1 aliphatic heterocycles. The maximum atomic E-state index is 11.7. The van der Waals surface area contributed by atoms with Crippen molar-refractivity contribution in [1.82, 2.24) is 10.2 Å². The van der Waals surface area contributed by atoms with Crippen LogP contribution >= 0.6 is 24.0 Å². The fourth-order valence-electron chi connectivity index (χ4n) is 3.45. The lowest BCUT2D eigenvalue weighted by molar-refractivity contribution is 0.462. The molecule has 0 spiro atoms. The highest BCUT2D eigenvalue weighted by Gasteiger charge is 2.27. The average molecular weight is 515 g/mol. The van der Waals surface area contributed by atoms with Crippen molar-refractivity contribution in [2.75, 3.05) is 25.1 Å². The van der Waals surface area contributed by atoms with E-state index in [2.05, 4.69) is 66.5 Å². The van der Waals surface area contributed by atoms with Gasteiger partial charge in [0.2, 0.25) is 0 Å². The monoisotopic (exact) mass is 515 g/mol. The fourth-order valence-corrected chi connectivity index (χ4v) is 5.30. The SMILES string of the molecule is CC(C)NC(=NCC1CCS(=O)(=O)C1)N(C)Cc1ccc2ccccc2c1.I. The summed E-state index contributed by atoms with van der Waals surface area (Å²) >= 11 is 0. The van der Waals surface area contributed by atoms with E-state index in [0.717, 1.165) is 18.9 Å². The van der Waals surface area contributed by atoms with Crippen LogP contribution in [0.25, 0.3) is 10.8 Å². The van der Waals surface area contributed by atoms with Crippen molar-refractivity contribution in [3.05, 3.63) is 48.0 Å². The van der Waals surface area contributed by atoms with Crippen LogP contribution in [0.15, 0.2) is 47.5 Å². The van der Waals surface area contributed by atoms with Gasteiger partial charge in [0.1, 0.15) is 0 Å². The summed E-state index contributed by atoms with van der Waals surface area (Å²) in [7, 11) is -0.837. The molecule has 1 fully saturated rings. The van der Waals surface area contributed by atoms with E-state index in [1.807, 2.05) is 7.05 Å². The molecular weight excluding hydrogens is 485 g/mol. The predicted molar refractivity (Wildman–Crippen MR) is 128 cm³/mol. The summed E-state index contributed by atoms with van der Waals surface area (Å²) in [6.45, 7) is 5.46. The zero-order chi connectivity index (χ0) is 19.4. The summed E-state index contributed by atoms with van der Waals surface area (Å²) in [6.07, 6.45) is 0.717. The molecule has 2 aromatic rings. The Hall–Kier alpha value is -1.35. The summed E-state index contributed by atoms with van der Waals surface area (Å²) in [6, 6.07) is 15.1. The Morgan fingerprint density at radius 3 is 2.57 bits per heavy atom. The van der Waals surface area contributed by atoms with E-state index >= 15 is 0 Å². The van der Waals surface area contributed by atoms with Gasteiger partial charge in [-0.15, -0.1) is 24.0 Å². The van der Waals surface area contributed by atoms with Crippen LogP contribution in [0.5, 0.6) is 0 Å². The molecule has 0 aromatic heterocycles. The van der Waals surface area contributed by atoms with Gasteiger partial charge in [0.05, 0.1) is 11.5 Å². The number of benzene rings is 2. The van der Waals surface area contributed by atoms with Crippen molar-refractivity contribution in [3.8, 4) is 0 Å². The van der Waals surface area contributed by atoms with E-state index in [9.17, 15) is 8.42 Å². The number of guanidine groups is 1. The van der Waals surface area contributed by atoms with Gasteiger partial charge in [-0.2, -0.15) is 0 Å². The molecule has 0 amide bonds. The topological polar surface area (TPSA) is 61.8 Å². The molecule has 1 heterocycles. The van der Waals surface area contributed by atoms with Gasteiger partial charge in [0.15, 0.2) is 15.8 Å². The Labute approximate surface area is 185 Å². The minimum atomic E-state index is -2.86. The normalized spacial score (nSPS) is 18.9. The fraction of sp³-hybridized carbons (Fsp3) is 0.476. The van der Waals surface area contributed by atoms with Crippen molar-refractivity contribution >= 4 is 50.5 Å². The smallest absolute Gasteiger partial charge is 0.194 e. The molecular formula is C21H30IN3O2S. The van der Waals surface area contributed by atoms with Crippen molar-refractivity contribution in [2.45, 2.75) is 32.9 Å². The Bertz CT molecular complexity index is 928. The molecule has 3 rings (SSSR count). The molecule has 1 atom stereocenters. The minimum Gasteiger partial charge on any atom is -0.354 e. The molecule has 5 nitrogen and oxygen atoms in total. The Balaban J connectivity index is 0.00000280. The van der Waals surface area contributed by atoms with Crippen LogP contribution in [0.4, 0.5) is 0 Å². The highest BCUT2D eigenvalue weighted by Crippen LogP contribution is 2.19. The number of aliphatic imine (C=N–C) groups is 1. The Kier molecular flexibility index (Phi) is 8.12. The molecule has 1 N–H and O–H groups in total. The summed E-state index contributed by atoms with van der Waals surface area (Å²) in [4.78, 5) is 6.84. The molecule has 0 saturated carbocycles. The lowest BCUT2D eigenvalue weighted by Crippen LogP contribution is -2.42. The average Bonchev–Trinajstić information content (AvgIpc) is 2.97. The lowest BCUT2D eigenvalue weighted by atomic mass is 10.1. The second kappa shape index (κ2) is 9.91. The third-order valence-corrected chi connectivity index (χ3v) is 6.68. The number of fused-ring (bicyclic) bond motifs is 1. The minimum absolute atomic E-state index is 0. The molecule has 1 saturated heterocycles. The molecule has 0 radical (unpaired) electrons. The predicted octanol–water partition coefficient (Wildman–Crippen LogP) is 3.68. The van der Waals surface area contributed by atoms with E-state index in [-0.39, 0.29) is 41.7 Å². The highest BCUT2D eigenvalue weighted by atomic mass is 127. The Morgan fingerprint density at radius 2 is 1.93 bits per heavy atom. The van der Waals surface area contributed by atoms with E-state index in [1.165, 1.54) is 16.3 Å². The largest absolute Gasteiger partial charge is 0.354 e. The number of sulfone groups is 1. The second-order valence-electron chi connectivity index (χ2n) is 7.77. The third kappa shape index (κ3) is 6.34. The molecule has 7 heteroatoms. The molecule has 154 valence electrons. The first-order valence-corrected chi connectivity index (χ1v) is 11.3. The van der Waals surface area contributed by atoms with Crippen LogP contribution in [0, 0.1) is 5.92 Å². The van der Waals surface area contributed by atoms with Crippen LogP contribution in [-0.2, 0) is 16.4 Å². The van der Waals surface area contributed by atoms with E-state index < -0.39 is 9.84 Å². The van der Waals surface area contributed by atoms with Gasteiger partial charge in [-0.3, -0.25) is 4.99 Å². The molecule has 0 aliphatic carbocycles. The van der Waals surface area contributed by atoms with Gasteiger partial charge < -0.3 is 10.2 Å². The van der Waals surface area contributed by atoms with Crippen molar-refractivity contribution in [3.63, 3.8) is 0 Å². The standard InChI is InChI=1S/C21H29N3O2S.HI/c1-16(2)23-21(22-13-18-10-11-27(25,26)15-18)24(3)14-17-8-9-19-6-4-5-7-20(19)12-17;/h4-9,12,16,18H,10-11,13-15H2,1-3H3,(H,22,23);1H. The summed E-state index contributed by atoms with van der Waals surface area (Å²) < 4.78 is 23.3. The third-order valence-electron chi connectivity index (χ3n) is 4.84. The zero-order valence-electron chi connectivity index (χ0n) is 16.8. The van der Waals surface area contributed by atoms with Crippen LogP contribution in [0.2, 0.25) is 0 Å². The first-order valence-electron chi connectivity index (χ1n) is 9.52. The number of halogens is 1. The number of rotatable bonds is 5. The molecule has 1 aliphatic rings. The molecule has 1 unspecified atom stereocenters. The van der Waals surface area contributed by atoms with Gasteiger partial charge in [-0.1, -0.05) is 36.4 Å². The Morgan fingerprint density at radius 1 is 1.21 bits per heavy atom. The van der Waals surface area contributed by atoms with Crippen molar-refractivity contribution in [1.29, 1.82) is 0 Å². The van der Waals surface area contributed by atoms with Crippen LogP contribution in [-0.4, -0.2) is 50.4 Å². The number of nitrogens with one attached hydrogen (secondary N) is 1. The van der Waals surface area contributed by atoms with Crippen LogP contribution in [0.1, 0.15) is 25.8 Å². The van der Waals surface area contributed by atoms with Gasteiger partial charge in [-0.05, 0) is 48.6 Å². The summed E-state index contributed by atoms with van der Waals surface area (Å²) in [5.74, 6) is 1.52. The maximum absolute atomic E-state index is 11.7. The second-order valence-corrected chi connectivity index (χ2v) is 10.00. The summed E-state index contributed by atoms with van der Waals surface area (Å²) in [5.41, 5.74) is 1.22. The number of nitrogens with zero attached hydrogens (tertiary/aromatic N) is 2. The first-order chi connectivity index (χ1) is 12.8.